The maximum absolute atomic E-state index is 9.39. The lowest BCUT2D eigenvalue weighted by molar-refractivity contribution is 0.411. The van der Waals surface area contributed by atoms with Gasteiger partial charge in [0.1, 0.15) is 11.5 Å². The first-order chi connectivity index (χ1) is 8.52. The number of aryl methyl sites for hydroxylation is 1. The summed E-state index contributed by atoms with van der Waals surface area (Å²) in [6, 6.07) is 3.21. The van der Waals surface area contributed by atoms with Crippen molar-refractivity contribution in [1.29, 1.82) is 0 Å². The standard InChI is InChI=1S/C11H11BBrNO4/c1-6-5-14-11(18-6)7-3-10(17-2)9(13)4-8(7)12(15)16/h3-5,15-16H,1-2H3. The van der Waals surface area contributed by atoms with Crippen molar-refractivity contribution in [1.82, 2.24) is 4.98 Å². The van der Waals surface area contributed by atoms with Crippen LogP contribution in [0.1, 0.15) is 5.76 Å². The van der Waals surface area contributed by atoms with Crippen molar-refractivity contribution in [3.05, 3.63) is 28.6 Å². The Kier molecular flexibility index (Phi) is 3.75. The van der Waals surface area contributed by atoms with E-state index >= 15 is 0 Å². The van der Waals surface area contributed by atoms with Gasteiger partial charge in [0.05, 0.1) is 17.8 Å². The highest BCUT2D eigenvalue weighted by Gasteiger charge is 2.22. The van der Waals surface area contributed by atoms with Crippen LogP contribution in [-0.4, -0.2) is 29.3 Å². The fraction of sp³-hybridized carbons (Fsp3) is 0.182. The Labute approximate surface area is 113 Å². The van der Waals surface area contributed by atoms with Crippen LogP contribution in [0.5, 0.6) is 5.75 Å². The summed E-state index contributed by atoms with van der Waals surface area (Å²) in [5, 5.41) is 18.8. The third kappa shape index (κ3) is 2.43. The van der Waals surface area contributed by atoms with E-state index in [1.54, 1.807) is 25.3 Å². The van der Waals surface area contributed by atoms with E-state index < -0.39 is 7.12 Å². The Balaban J connectivity index is 2.63. The molecule has 18 heavy (non-hydrogen) atoms. The second-order valence-corrected chi connectivity index (χ2v) is 4.58. The van der Waals surface area contributed by atoms with Crippen molar-refractivity contribution in [2.24, 2.45) is 0 Å². The number of methoxy groups -OCH3 is 1. The van der Waals surface area contributed by atoms with Gasteiger partial charge in [0, 0.05) is 5.56 Å². The van der Waals surface area contributed by atoms with Crippen molar-refractivity contribution in [2.75, 3.05) is 7.11 Å². The Bertz CT molecular complexity index is 570. The topological polar surface area (TPSA) is 75.7 Å². The Morgan fingerprint density at radius 1 is 1.39 bits per heavy atom. The van der Waals surface area contributed by atoms with Crippen molar-refractivity contribution in [3.8, 4) is 17.2 Å². The van der Waals surface area contributed by atoms with E-state index in [0.29, 0.717) is 32.9 Å². The van der Waals surface area contributed by atoms with Crippen LogP contribution in [0.25, 0.3) is 11.5 Å². The van der Waals surface area contributed by atoms with Crippen molar-refractivity contribution in [2.45, 2.75) is 6.92 Å². The summed E-state index contributed by atoms with van der Waals surface area (Å²) in [5.74, 6) is 1.52. The monoisotopic (exact) mass is 311 g/mol. The summed E-state index contributed by atoms with van der Waals surface area (Å²) in [4.78, 5) is 4.07. The highest BCUT2D eigenvalue weighted by Crippen LogP contribution is 2.29. The van der Waals surface area contributed by atoms with Crippen LogP contribution in [0, 0.1) is 6.92 Å². The van der Waals surface area contributed by atoms with Gasteiger partial charge in [0.25, 0.3) is 0 Å². The molecule has 0 radical (unpaired) electrons. The number of ether oxygens (including phenoxy) is 1. The predicted molar refractivity (Wildman–Crippen MR) is 70.8 cm³/mol. The number of oxazole rings is 1. The lowest BCUT2D eigenvalue weighted by Crippen LogP contribution is -2.31. The van der Waals surface area contributed by atoms with Gasteiger partial charge in [-0.05, 0) is 40.4 Å². The summed E-state index contributed by atoms with van der Waals surface area (Å²) in [6.45, 7) is 1.77. The molecule has 2 rings (SSSR count). The fourth-order valence-electron chi connectivity index (χ4n) is 1.60. The molecule has 0 saturated carbocycles. The van der Waals surface area contributed by atoms with E-state index in [-0.39, 0.29) is 0 Å². The molecule has 0 unspecified atom stereocenters. The molecule has 0 spiro atoms. The largest absolute Gasteiger partial charge is 0.496 e. The van der Waals surface area contributed by atoms with Gasteiger partial charge in [0.2, 0.25) is 5.89 Å². The first kappa shape index (κ1) is 13.1. The first-order valence-corrected chi connectivity index (χ1v) is 5.98. The van der Waals surface area contributed by atoms with E-state index in [1.165, 1.54) is 7.11 Å². The fourth-order valence-corrected chi connectivity index (χ4v) is 2.13. The zero-order valence-electron chi connectivity index (χ0n) is 9.85. The molecule has 0 amide bonds. The van der Waals surface area contributed by atoms with Crippen molar-refractivity contribution < 1.29 is 19.2 Å². The highest BCUT2D eigenvalue weighted by molar-refractivity contribution is 9.10. The van der Waals surface area contributed by atoms with Crippen molar-refractivity contribution >= 4 is 28.5 Å². The maximum Gasteiger partial charge on any atom is 0.489 e. The molecule has 0 aliphatic carbocycles. The quantitative estimate of drug-likeness (QED) is 0.830. The molecule has 0 atom stereocenters. The van der Waals surface area contributed by atoms with Crippen LogP contribution in [-0.2, 0) is 0 Å². The SMILES string of the molecule is COc1cc(-c2ncc(C)o2)c(B(O)O)cc1Br. The summed E-state index contributed by atoms with van der Waals surface area (Å²) >= 11 is 3.29. The van der Waals surface area contributed by atoms with Gasteiger partial charge in [-0.1, -0.05) is 0 Å². The number of hydrogen-bond donors (Lipinski definition) is 2. The average molecular weight is 312 g/mol. The van der Waals surface area contributed by atoms with Gasteiger partial charge in [-0.25, -0.2) is 4.98 Å². The number of halogens is 1. The van der Waals surface area contributed by atoms with Gasteiger partial charge in [-0.2, -0.15) is 0 Å². The minimum atomic E-state index is -1.62. The number of aromatic nitrogens is 1. The average Bonchev–Trinajstić information content (AvgIpc) is 2.75. The van der Waals surface area contributed by atoms with Gasteiger partial charge in [-0.15, -0.1) is 0 Å². The van der Waals surface area contributed by atoms with Crippen LogP contribution in [0.4, 0.5) is 0 Å². The minimum Gasteiger partial charge on any atom is -0.496 e. The molecule has 7 heteroatoms. The molecule has 1 aromatic heterocycles. The molecule has 0 fully saturated rings. The Morgan fingerprint density at radius 3 is 2.61 bits per heavy atom. The van der Waals surface area contributed by atoms with Crippen LogP contribution < -0.4 is 10.2 Å². The molecule has 2 aromatic rings. The molecule has 1 aromatic carbocycles. The van der Waals surface area contributed by atoms with Gasteiger partial charge < -0.3 is 19.2 Å². The zero-order chi connectivity index (χ0) is 13.3. The van der Waals surface area contributed by atoms with Gasteiger partial charge in [-0.3, -0.25) is 0 Å². The molecule has 0 saturated heterocycles. The van der Waals surface area contributed by atoms with E-state index in [4.69, 9.17) is 9.15 Å². The normalized spacial score (nSPS) is 10.5. The van der Waals surface area contributed by atoms with Crippen LogP contribution >= 0.6 is 15.9 Å². The molecular formula is C11H11BBrNO4. The number of rotatable bonds is 3. The number of nitrogens with zero attached hydrogens (tertiary/aromatic N) is 1. The highest BCUT2D eigenvalue weighted by atomic mass is 79.9. The van der Waals surface area contributed by atoms with E-state index in [2.05, 4.69) is 20.9 Å². The number of benzene rings is 1. The molecule has 0 aliphatic heterocycles. The first-order valence-electron chi connectivity index (χ1n) is 5.19. The zero-order valence-corrected chi connectivity index (χ0v) is 11.4. The smallest absolute Gasteiger partial charge is 0.489 e. The minimum absolute atomic E-state index is 0.296. The van der Waals surface area contributed by atoms with Crippen LogP contribution in [0.3, 0.4) is 0 Å². The molecule has 0 aliphatic rings. The molecule has 1 heterocycles. The van der Waals surface area contributed by atoms with E-state index in [1.807, 2.05) is 0 Å². The second-order valence-electron chi connectivity index (χ2n) is 3.72. The third-order valence-corrected chi connectivity index (χ3v) is 3.07. The van der Waals surface area contributed by atoms with Crippen molar-refractivity contribution in [3.63, 3.8) is 0 Å². The third-order valence-electron chi connectivity index (χ3n) is 2.45. The van der Waals surface area contributed by atoms with E-state index in [9.17, 15) is 10.0 Å². The molecule has 94 valence electrons. The predicted octanol–water partition coefficient (Wildman–Crippen LogP) is 1.10. The van der Waals surface area contributed by atoms with Crippen LogP contribution in [0.2, 0.25) is 0 Å². The maximum atomic E-state index is 9.39. The van der Waals surface area contributed by atoms with Gasteiger partial charge in [0.15, 0.2) is 0 Å². The van der Waals surface area contributed by atoms with Crippen LogP contribution in [0.15, 0.2) is 27.2 Å². The van der Waals surface area contributed by atoms with Gasteiger partial charge >= 0.3 is 7.12 Å². The van der Waals surface area contributed by atoms with E-state index in [0.717, 1.165) is 0 Å². The molecular weight excluding hydrogens is 301 g/mol. The molecule has 0 bridgehead atoms. The lowest BCUT2D eigenvalue weighted by atomic mass is 9.77. The lowest BCUT2D eigenvalue weighted by Gasteiger charge is -2.10. The Hall–Kier alpha value is -1.31. The molecule has 5 nitrogen and oxygen atoms in total. The summed E-state index contributed by atoms with van der Waals surface area (Å²) in [6.07, 6.45) is 1.57. The Morgan fingerprint density at radius 2 is 2.11 bits per heavy atom. The summed E-state index contributed by atoms with van der Waals surface area (Å²) < 4.78 is 11.2. The molecule has 2 N–H and O–H groups in total. The summed E-state index contributed by atoms with van der Waals surface area (Å²) in [7, 11) is -0.0888. The second kappa shape index (κ2) is 5.13. The number of hydrogen-bond acceptors (Lipinski definition) is 5. The summed E-state index contributed by atoms with van der Waals surface area (Å²) in [5.41, 5.74) is 0.780.